The highest BCUT2D eigenvalue weighted by atomic mass is 32.2. The van der Waals surface area contributed by atoms with Crippen LogP contribution in [-0.4, -0.2) is 30.5 Å². The van der Waals surface area contributed by atoms with Crippen LogP contribution in [-0.2, 0) is 4.79 Å². The number of allylic oxidation sites excluding steroid dienone is 1. The lowest BCUT2D eigenvalue weighted by molar-refractivity contribution is -0.104. The third-order valence-corrected chi connectivity index (χ3v) is 2.91. The molecule has 0 aromatic heterocycles. The van der Waals surface area contributed by atoms with E-state index in [1.807, 2.05) is 6.26 Å². The van der Waals surface area contributed by atoms with Crippen molar-refractivity contribution in [2.45, 2.75) is 4.90 Å². The third-order valence-electron chi connectivity index (χ3n) is 2.18. The summed E-state index contributed by atoms with van der Waals surface area (Å²) in [5.74, 6) is -0.185. The molecule has 0 aliphatic carbocycles. The van der Waals surface area contributed by atoms with Crippen molar-refractivity contribution < 1.29 is 19.4 Å². The second kappa shape index (κ2) is 6.10. The van der Waals surface area contributed by atoms with Crippen molar-refractivity contribution in [2.75, 3.05) is 13.4 Å². The smallest absolute Gasteiger partial charge is 0.203 e. The average Bonchev–Trinajstić information content (AvgIpc) is 2.39. The molecule has 5 heteroatoms. The highest BCUT2D eigenvalue weighted by Gasteiger charge is 2.17. The highest BCUT2D eigenvalue weighted by Crippen LogP contribution is 2.26. The lowest BCUT2D eigenvalue weighted by atomic mass is 10.0. The number of thioether (sulfide) groups is 1. The Balaban J connectivity index is 3.22. The van der Waals surface area contributed by atoms with Gasteiger partial charge in [-0.15, -0.1) is 11.8 Å². The zero-order valence-corrected chi connectivity index (χ0v) is 10.3. The molecule has 0 atom stereocenters. The quantitative estimate of drug-likeness (QED) is 0.166. The Morgan fingerprint density at radius 1 is 1.47 bits per heavy atom. The van der Waals surface area contributed by atoms with E-state index in [1.54, 1.807) is 18.2 Å². The van der Waals surface area contributed by atoms with Crippen molar-refractivity contribution in [3.05, 3.63) is 35.6 Å². The number of aliphatic hydroxyl groups excluding tert-OH is 1. The van der Waals surface area contributed by atoms with Gasteiger partial charge in [-0.25, -0.2) is 0 Å². The molecule has 1 aromatic carbocycles. The summed E-state index contributed by atoms with van der Waals surface area (Å²) in [6.45, 7) is 0. The number of ether oxygens (including phenoxy) is 1. The monoisotopic (exact) mass is 252 g/mol. The van der Waals surface area contributed by atoms with Gasteiger partial charge in [-0.05, 0) is 24.5 Å². The fourth-order valence-corrected chi connectivity index (χ4v) is 1.71. The molecule has 1 N–H and O–H groups in total. The number of Topliss-reactive ketones (excluding diaryl/α,β-unsaturated/α-hetero) is 1. The molecule has 90 valence electrons. The number of hydrogen-bond acceptors (Lipinski definition) is 5. The summed E-state index contributed by atoms with van der Waals surface area (Å²) in [6, 6.07) is 5.03. The summed E-state index contributed by atoms with van der Waals surface area (Å²) in [6.07, 6.45) is 2.71. The van der Waals surface area contributed by atoms with E-state index in [0.29, 0.717) is 18.3 Å². The topological polar surface area (TPSA) is 63.6 Å². The predicted octanol–water partition coefficient (Wildman–Crippen LogP) is 2.24. The number of ketones is 1. The van der Waals surface area contributed by atoms with Gasteiger partial charge in [0.15, 0.2) is 6.29 Å². The molecule has 4 nitrogen and oxygen atoms in total. The fourth-order valence-electron chi connectivity index (χ4n) is 1.28. The Bertz CT molecular complexity index is 466. The van der Waals surface area contributed by atoms with Gasteiger partial charge in [-0.2, -0.15) is 0 Å². The van der Waals surface area contributed by atoms with Crippen LogP contribution in [0.15, 0.2) is 34.9 Å². The summed E-state index contributed by atoms with van der Waals surface area (Å²) in [5.41, 5.74) is -0.0575. The Morgan fingerprint density at radius 3 is 2.65 bits per heavy atom. The van der Waals surface area contributed by atoms with Crippen LogP contribution >= 0.6 is 11.8 Å². The lowest BCUT2D eigenvalue weighted by Gasteiger charge is -2.08. The van der Waals surface area contributed by atoms with Crippen molar-refractivity contribution in [3.63, 3.8) is 0 Å². The number of methoxy groups -OCH3 is 1. The van der Waals surface area contributed by atoms with E-state index in [4.69, 9.17) is 9.84 Å². The van der Waals surface area contributed by atoms with Crippen molar-refractivity contribution in [1.29, 1.82) is 0 Å². The van der Waals surface area contributed by atoms with Crippen LogP contribution in [0.1, 0.15) is 10.4 Å². The van der Waals surface area contributed by atoms with Gasteiger partial charge >= 0.3 is 0 Å². The minimum Gasteiger partial charge on any atom is -0.515 e. The molecule has 0 aliphatic heterocycles. The first kappa shape index (κ1) is 13.3. The first-order chi connectivity index (χ1) is 8.17. The number of carbonyl (C=O) groups excluding carboxylic acids is 2. The SMILES string of the molecule is COc1cc(SC)ccc1C(=O)/C(C=O)=C/O. The predicted molar refractivity (Wildman–Crippen MR) is 65.9 cm³/mol. The van der Waals surface area contributed by atoms with Gasteiger partial charge in [0, 0.05) is 4.90 Å². The van der Waals surface area contributed by atoms with E-state index in [1.165, 1.54) is 18.9 Å². The third kappa shape index (κ3) is 2.88. The summed E-state index contributed by atoms with van der Waals surface area (Å²) in [5, 5.41) is 8.76. The molecule has 0 aliphatic rings. The van der Waals surface area contributed by atoms with Crippen molar-refractivity contribution >= 4 is 23.8 Å². The van der Waals surface area contributed by atoms with Gasteiger partial charge in [0.05, 0.1) is 24.5 Å². The molecule has 0 heterocycles. The first-order valence-electron chi connectivity index (χ1n) is 4.74. The van der Waals surface area contributed by atoms with Gasteiger partial charge in [-0.3, -0.25) is 9.59 Å². The molecule has 0 saturated heterocycles. The van der Waals surface area contributed by atoms with Gasteiger partial charge in [0.1, 0.15) is 5.75 Å². The first-order valence-corrected chi connectivity index (χ1v) is 5.96. The molecular formula is C12H12O4S. The van der Waals surface area contributed by atoms with Crippen LogP contribution in [0, 0.1) is 0 Å². The summed E-state index contributed by atoms with van der Waals surface area (Å²) >= 11 is 1.51. The van der Waals surface area contributed by atoms with E-state index in [0.717, 1.165) is 4.90 Å². The number of hydrogen-bond donors (Lipinski definition) is 1. The van der Waals surface area contributed by atoms with E-state index < -0.39 is 5.78 Å². The van der Waals surface area contributed by atoms with Crippen LogP contribution in [0.2, 0.25) is 0 Å². The molecule has 1 aromatic rings. The molecule has 0 unspecified atom stereocenters. The van der Waals surface area contributed by atoms with E-state index in [2.05, 4.69) is 0 Å². The fraction of sp³-hybridized carbons (Fsp3) is 0.167. The van der Waals surface area contributed by atoms with Gasteiger partial charge in [0.25, 0.3) is 0 Å². The molecule has 0 radical (unpaired) electrons. The molecule has 17 heavy (non-hydrogen) atoms. The lowest BCUT2D eigenvalue weighted by Crippen LogP contribution is -2.07. The molecule has 0 fully saturated rings. The molecule has 0 saturated carbocycles. The zero-order valence-electron chi connectivity index (χ0n) is 9.47. The number of aliphatic hydroxyl groups is 1. The maximum Gasteiger partial charge on any atom is 0.203 e. The van der Waals surface area contributed by atoms with Crippen molar-refractivity contribution in [2.24, 2.45) is 0 Å². The zero-order chi connectivity index (χ0) is 12.8. The van der Waals surface area contributed by atoms with E-state index in [-0.39, 0.29) is 11.1 Å². The van der Waals surface area contributed by atoms with Gasteiger partial charge < -0.3 is 9.84 Å². The molecule has 1 rings (SSSR count). The minimum absolute atomic E-state index is 0.248. The average molecular weight is 252 g/mol. The second-order valence-electron chi connectivity index (χ2n) is 3.10. The number of benzene rings is 1. The highest BCUT2D eigenvalue weighted by molar-refractivity contribution is 7.98. The van der Waals surface area contributed by atoms with Crippen LogP contribution in [0.5, 0.6) is 5.75 Å². The Kier molecular flexibility index (Phi) is 4.78. The Hall–Kier alpha value is -1.75. The van der Waals surface area contributed by atoms with E-state index >= 15 is 0 Å². The van der Waals surface area contributed by atoms with Crippen molar-refractivity contribution in [1.82, 2.24) is 0 Å². The standard InChI is InChI=1S/C12H12O4S/c1-16-11-5-9(17-2)3-4-10(11)12(15)8(6-13)7-14/h3-7,13H,1-2H3/b8-6+. The number of rotatable bonds is 5. The molecule has 0 bridgehead atoms. The maximum atomic E-state index is 11.8. The van der Waals surface area contributed by atoms with Crippen LogP contribution in [0.3, 0.4) is 0 Å². The van der Waals surface area contributed by atoms with Crippen LogP contribution in [0.4, 0.5) is 0 Å². The summed E-state index contributed by atoms with van der Waals surface area (Å²) in [7, 11) is 1.44. The summed E-state index contributed by atoms with van der Waals surface area (Å²) in [4.78, 5) is 23.4. The second-order valence-corrected chi connectivity index (χ2v) is 3.98. The number of aldehydes is 1. The normalized spacial score (nSPS) is 11.1. The van der Waals surface area contributed by atoms with Crippen LogP contribution in [0.25, 0.3) is 0 Å². The minimum atomic E-state index is -0.563. The maximum absolute atomic E-state index is 11.8. The molecule has 0 amide bonds. The van der Waals surface area contributed by atoms with Gasteiger partial charge in [0.2, 0.25) is 5.78 Å². The van der Waals surface area contributed by atoms with Crippen molar-refractivity contribution in [3.8, 4) is 5.75 Å². The Morgan fingerprint density at radius 2 is 2.18 bits per heavy atom. The number of carbonyl (C=O) groups is 2. The Labute approximate surface area is 103 Å². The van der Waals surface area contributed by atoms with Gasteiger partial charge in [-0.1, -0.05) is 0 Å². The van der Waals surface area contributed by atoms with Crippen LogP contribution < -0.4 is 4.74 Å². The largest absolute Gasteiger partial charge is 0.515 e. The van der Waals surface area contributed by atoms with E-state index in [9.17, 15) is 9.59 Å². The molecular weight excluding hydrogens is 240 g/mol. The molecule has 0 spiro atoms. The summed E-state index contributed by atoms with van der Waals surface area (Å²) < 4.78 is 5.09.